The van der Waals surface area contributed by atoms with E-state index in [0.29, 0.717) is 23.7 Å². The molecular weight excluding hydrogens is 483 g/mol. The van der Waals surface area contributed by atoms with E-state index < -0.39 is 13.6 Å². The van der Waals surface area contributed by atoms with E-state index in [0.717, 1.165) is 11.4 Å². The van der Waals surface area contributed by atoms with Gasteiger partial charge in [0.25, 0.3) is 0 Å². The van der Waals surface area contributed by atoms with Crippen molar-refractivity contribution < 1.29 is 13.6 Å². The Kier molecular flexibility index (Phi) is 8.54. The number of rotatable bonds is 6. The van der Waals surface area contributed by atoms with Crippen molar-refractivity contribution in [1.82, 2.24) is 0 Å². The molecule has 2 aromatic rings. The Morgan fingerprint density at radius 1 is 0.552 bits per heavy atom. The fourth-order valence-electron chi connectivity index (χ4n) is 3.47. The quantitative estimate of drug-likeness (QED) is 0.341. The number of hydrogen-bond donors (Lipinski definition) is 0. The summed E-state index contributed by atoms with van der Waals surface area (Å²) in [6.07, 6.45) is 0. The van der Waals surface area contributed by atoms with Gasteiger partial charge in [0, 0.05) is 0 Å². The molecular formula is C24H34Cl2MoN2. The van der Waals surface area contributed by atoms with Gasteiger partial charge in [-0.05, 0) is 0 Å². The monoisotopic (exact) mass is 518 g/mol. The van der Waals surface area contributed by atoms with Crippen LogP contribution >= 0.6 is 18.8 Å². The molecule has 0 bridgehead atoms. The molecule has 0 saturated heterocycles. The minimum atomic E-state index is -3.93. The molecule has 0 unspecified atom stereocenters. The average molecular weight is 517 g/mol. The van der Waals surface area contributed by atoms with Gasteiger partial charge >= 0.3 is 189 Å². The van der Waals surface area contributed by atoms with Crippen molar-refractivity contribution in [1.29, 1.82) is 0 Å². The van der Waals surface area contributed by atoms with Crippen LogP contribution in [0.25, 0.3) is 0 Å². The van der Waals surface area contributed by atoms with E-state index in [1.54, 1.807) is 0 Å². The summed E-state index contributed by atoms with van der Waals surface area (Å²) >= 11 is -3.93. The molecule has 160 valence electrons. The zero-order chi connectivity index (χ0) is 21.9. The van der Waals surface area contributed by atoms with Crippen LogP contribution in [-0.4, -0.2) is 0 Å². The van der Waals surface area contributed by atoms with Crippen LogP contribution < -0.4 is 0 Å². The van der Waals surface area contributed by atoms with E-state index in [4.69, 9.17) is 25.8 Å². The Morgan fingerprint density at radius 3 is 1.00 bits per heavy atom. The molecule has 0 aliphatic carbocycles. The third-order valence-electron chi connectivity index (χ3n) is 5.09. The number of halogens is 2. The maximum atomic E-state index is 6.93. The Balaban J connectivity index is 2.85. The SMILES string of the molecule is CC(C)c1cccc(C(C)C)c1[N]=[Mo]([Cl])([Cl])=[N]c1c(C(C)C)cccc1C(C)C. The molecule has 0 spiro atoms. The zero-order valence-electron chi connectivity index (χ0n) is 18.8. The van der Waals surface area contributed by atoms with Crippen LogP contribution in [0, 0.1) is 0 Å². The Hall–Kier alpha value is -0.692. The molecule has 2 rings (SSSR count). The standard InChI is InChI=1S/2C12H17N.2ClH.Mo/c2*1-8(2)10-6-5-7-11(9(3)4)12(10)13;;;/h2*5-9H,1-4H3;2*1H;/q;;;;+2/p-2. The van der Waals surface area contributed by atoms with E-state index in [2.05, 4.69) is 91.8 Å². The van der Waals surface area contributed by atoms with Crippen LogP contribution in [0.1, 0.15) is 101 Å². The first-order valence-electron chi connectivity index (χ1n) is 10.4. The molecule has 5 heteroatoms. The molecule has 0 amide bonds. The molecule has 0 aromatic heterocycles. The molecule has 0 heterocycles. The van der Waals surface area contributed by atoms with E-state index in [9.17, 15) is 0 Å². The van der Waals surface area contributed by atoms with E-state index in [1.165, 1.54) is 22.3 Å². The molecule has 2 aromatic carbocycles. The van der Waals surface area contributed by atoms with Gasteiger partial charge in [0.05, 0.1) is 0 Å². The van der Waals surface area contributed by atoms with Crippen molar-refractivity contribution in [3.05, 3.63) is 58.7 Å². The fourth-order valence-corrected chi connectivity index (χ4v) is 7.32. The summed E-state index contributed by atoms with van der Waals surface area (Å²) < 4.78 is 9.97. The topological polar surface area (TPSA) is 24.7 Å². The van der Waals surface area contributed by atoms with Gasteiger partial charge in [-0.3, -0.25) is 0 Å². The Bertz CT molecular complexity index is 846. The normalized spacial score (nSPS) is 12.3. The average Bonchev–Trinajstić information content (AvgIpc) is 2.60. The van der Waals surface area contributed by atoms with Crippen molar-refractivity contribution in [2.24, 2.45) is 6.99 Å². The summed E-state index contributed by atoms with van der Waals surface area (Å²) in [6.45, 7) is 17.4. The van der Waals surface area contributed by atoms with Crippen molar-refractivity contribution in [2.75, 3.05) is 0 Å². The second-order valence-corrected chi connectivity index (χ2v) is 17.8. The van der Waals surface area contributed by atoms with Crippen LogP contribution in [-0.2, 0) is 13.6 Å². The van der Waals surface area contributed by atoms with Gasteiger partial charge in [0.15, 0.2) is 0 Å². The van der Waals surface area contributed by atoms with Crippen LogP contribution in [0.2, 0.25) is 0 Å². The number of hydrogen-bond acceptors (Lipinski definition) is 2. The summed E-state index contributed by atoms with van der Waals surface area (Å²) in [6, 6.07) is 12.7. The van der Waals surface area contributed by atoms with Crippen LogP contribution in [0.4, 0.5) is 11.4 Å². The van der Waals surface area contributed by atoms with Gasteiger partial charge in [-0.25, -0.2) is 0 Å². The Labute approximate surface area is 187 Å². The maximum absolute atomic E-state index is 6.93. The molecule has 0 atom stereocenters. The summed E-state index contributed by atoms with van der Waals surface area (Å²) in [5.41, 5.74) is 6.63. The van der Waals surface area contributed by atoms with Crippen LogP contribution in [0.3, 0.4) is 0 Å². The summed E-state index contributed by atoms with van der Waals surface area (Å²) in [5, 5.41) is 0. The third kappa shape index (κ3) is 6.16. The molecule has 0 fully saturated rings. The molecule has 0 aliphatic heterocycles. The third-order valence-corrected chi connectivity index (χ3v) is 8.70. The molecule has 0 radical (unpaired) electrons. The molecule has 0 saturated carbocycles. The summed E-state index contributed by atoms with van der Waals surface area (Å²) in [5.74, 6) is 1.37. The summed E-state index contributed by atoms with van der Waals surface area (Å²) in [4.78, 5) is 0. The van der Waals surface area contributed by atoms with Gasteiger partial charge in [-0.1, -0.05) is 0 Å². The van der Waals surface area contributed by atoms with Gasteiger partial charge in [0.1, 0.15) is 0 Å². The molecule has 2 nitrogen and oxygen atoms in total. The van der Waals surface area contributed by atoms with Gasteiger partial charge in [0.2, 0.25) is 0 Å². The first kappa shape index (κ1) is 24.6. The molecule has 29 heavy (non-hydrogen) atoms. The van der Waals surface area contributed by atoms with Crippen LogP contribution in [0.5, 0.6) is 0 Å². The predicted molar refractivity (Wildman–Crippen MR) is 125 cm³/mol. The first-order chi connectivity index (χ1) is 13.4. The van der Waals surface area contributed by atoms with Gasteiger partial charge in [-0.2, -0.15) is 0 Å². The molecule has 0 aliphatic rings. The predicted octanol–water partition coefficient (Wildman–Crippen LogP) is 9.97. The number of nitrogens with zero attached hydrogens (tertiary/aromatic N) is 2. The van der Waals surface area contributed by atoms with Gasteiger partial charge in [-0.15, -0.1) is 0 Å². The van der Waals surface area contributed by atoms with Crippen molar-refractivity contribution >= 4 is 30.2 Å². The first-order valence-corrected chi connectivity index (χ1v) is 17.3. The second-order valence-electron chi connectivity index (χ2n) is 8.79. The number of benzene rings is 2. The second kappa shape index (κ2) is 10.1. The van der Waals surface area contributed by atoms with E-state index in [1.807, 2.05) is 0 Å². The fraction of sp³-hybridized carbons (Fsp3) is 0.500. The minimum absolute atomic E-state index is 0.341. The zero-order valence-corrected chi connectivity index (χ0v) is 22.4. The van der Waals surface area contributed by atoms with Crippen molar-refractivity contribution in [3.63, 3.8) is 0 Å². The van der Waals surface area contributed by atoms with Crippen molar-refractivity contribution in [3.8, 4) is 0 Å². The van der Waals surface area contributed by atoms with Crippen LogP contribution in [0.15, 0.2) is 43.4 Å². The Morgan fingerprint density at radius 2 is 0.793 bits per heavy atom. The molecule has 0 N–H and O–H groups in total. The van der Waals surface area contributed by atoms with Crippen molar-refractivity contribution in [2.45, 2.75) is 79.1 Å². The van der Waals surface area contributed by atoms with Gasteiger partial charge < -0.3 is 0 Å². The van der Waals surface area contributed by atoms with E-state index >= 15 is 0 Å². The summed E-state index contributed by atoms with van der Waals surface area (Å²) in [7, 11) is 13.9. The van der Waals surface area contributed by atoms with E-state index in [-0.39, 0.29) is 0 Å².